The molecule has 1 aromatic carbocycles. The van der Waals surface area contributed by atoms with E-state index in [-0.39, 0.29) is 17.7 Å². The van der Waals surface area contributed by atoms with Gasteiger partial charge in [-0.05, 0) is 25.0 Å². The van der Waals surface area contributed by atoms with Crippen molar-refractivity contribution in [2.24, 2.45) is 13.0 Å². The number of fused-ring (bicyclic) bond motifs is 1. The molecule has 1 aliphatic carbocycles. The highest BCUT2D eigenvalue weighted by Gasteiger charge is 2.24. The second-order valence-electron chi connectivity index (χ2n) is 7.19. The largest absolute Gasteiger partial charge is 0.349 e. The van der Waals surface area contributed by atoms with E-state index < -0.39 is 0 Å². The van der Waals surface area contributed by atoms with Gasteiger partial charge in [0.2, 0.25) is 5.91 Å². The molecule has 146 valence electrons. The fourth-order valence-corrected chi connectivity index (χ4v) is 3.68. The highest BCUT2D eigenvalue weighted by Crippen LogP contribution is 2.26. The molecule has 4 rings (SSSR count). The summed E-state index contributed by atoms with van der Waals surface area (Å²) in [5.74, 6) is 0.362. The van der Waals surface area contributed by atoms with Crippen molar-refractivity contribution in [3.8, 4) is 0 Å². The average molecular weight is 380 g/mol. The summed E-state index contributed by atoms with van der Waals surface area (Å²) in [4.78, 5) is 29.1. The number of para-hydroxylation sites is 2. The van der Waals surface area contributed by atoms with Crippen LogP contribution in [0.3, 0.4) is 0 Å². The summed E-state index contributed by atoms with van der Waals surface area (Å²) in [5.41, 5.74) is 2.26. The van der Waals surface area contributed by atoms with Crippen molar-refractivity contribution in [2.75, 3.05) is 11.9 Å². The molecule has 1 saturated carbocycles. The zero-order valence-corrected chi connectivity index (χ0v) is 15.9. The summed E-state index contributed by atoms with van der Waals surface area (Å²) in [6.07, 6.45) is 5.83. The first-order valence-corrected chi connectivity index (χ1v) is 9.65. The minimum atomic E-state index is -0.263. The summed E-state index contributed by atoms with van der Waals surface area (Å²) in [7, 11) is 1.72. The second-order valence-corrected chi connectivity index (χ2v) is 7.19. The van der Waals surface area contributed by atoms with Crippen LogP contribution in [-0.2, 0) is 18.4 Å². The molecular formula is C20H24N6O2. The lowest BCUT2D eigenvalue weighted by Gasteiger charge is -2.09. The number of aromatic nitrogens is 4. The Hall–Kier alpha value is -3.16. The summed E-state index contributed by atoms with van der Waals surface area (Å²) >= 11 is 0. The van der Waals surface area contributed by atoms with E-state index in [1.807, 2.05) is 28.8 Å². The Morgan fingerprint density at radius 3 is 2.82 bits per heavy atom. The second kappa shape index (κ2) is 7.84. The van der Waals surface area contributed by atoms with Gasteiger partial charge in [-0.3, -0.25) is 14.3 Å². The number of nitrogens with zero attached hydrogens (tertiary/aromatic N) is 4. The number of carbonyl (C=O) groups excluding carboxylic acids is 2. The zero-order valence-electron chi connectivity index (χ0n) is 15.9. The van der Waals surface area contributed by atoms with Gasteiger partial charge in [0.25, 0.3) is 5.91 Å². The molecule has 2 aromatic heterocycles. The first-order chi connectivity index (χ1) is 13.6. The quantitative estimate of drug-likeness (QED) is 0.686. The number of imidazole rings is 1. The molecule has 2 heterocycles. The van der Waals surface area contributed by atoms with Crippen molar-refractivity contribution >= 4 is 28.7 Å². The van der Waals surface area contributed by atoms with Crippen LogP contribution in [0.2, 0.25) is 0 Å². The molecular weight excluding hydrogens is 356 g/mol. The molecule has 0 saturated heterocycles. The van der Waals surface area contributed by atoms with Crippen LogP contribution in [0.15, 0.2) is 36.7 Å². The van der Waals surface area contributed by atoms with Crippen molar-refractivity contribution < 1.29 is 9.59 Å². The Morgan fingerprint density at radius 1 is 1.21 bits per heavy atom. The van der Waals surface area contributed by atoms with E-state index in [2.05, 4.69) is 20.7 Å². The van der Waals surface area contributed by atoms with Crippen LogP contribution in [0.1, 0.15) is 36.2 Å². The van der Waals surface area contributed by atoms with Crippen LogP contribution in [0, 0.1) is 5.92 Å². The van der Waals surface area contributed by atoms with E-state index in [1.165, 1.54) is 4.68 Å². The Labute approximate surface area is 162 Å². The predicted molar refractivity (Wildman–Crippen MR) is 106 cm³/mol. The number of hydrogen-bond acceptors (Lipinski definition) is 4. The van der Waals surface area contributed by atoms with E-state index in [9.17, 15) is 9.59 Å². The van der Waals surface area contributed by atoms with Gasteiger partial charge < -0.3 is 15.2 Å². The SMILES string of the molecule is Cn1nc(C(=O)NCCn2cnc3ccccc32)cc1NC(=O)C1CCCC1. The molecule has 2 amide bonds. The number of amides is 2. The van der Waals surface area contributed by atoms with Crippen LogP contribution in [0.4, 0.5) is 5.82 Å². The number of hydrogen-bond donors (Lipinski definition) is 2. The number of aryl methyl sites for hydroxylation is 1. The van der Waals surface area contributed by atoms with Crippen molar-refractivity contribution in [2.45, 2.75) is 32.2 Å². The highest BCUT2D eigenvalue weighted by atomic mass is 16.2. The van der Waals surface area contributed by atoms with Gasteiger partial charge in [0.05, 0.1) is 17.4 Å². The molecule has 0 unspecified atom stereocenters. The van der Waals surface area contributed by atoms with Crippen LogP contribution in [0.25, 0.3) is 11.0 Å². The number of rotatable bonds is 6. The van der Waals surface area contributed by atoms with Gasteiger partial charge in [-0.2, -0.15) is 5.10 Å². The monoisotopic (exact) mass is 380 g/mol. The van der Waals surface area contributed by atoms with Crippen LogP contribution < -0.4 is 10.6 Å². The topological polar surface area (TPSA) is 93.8 Å². The predicted octanol–water partition coefficient (Wildman–Crippen LogP) is 2.33. The van der Waals surface area contributed by atoms with Crippen molar-refractivity contribution in [3.05, 3.63) is 42.4 Å². The average Bonchev–Trinajstić information content (AvgIpc) is 3.43. The number of benzene rings is 1. The number of carbonyl (C=O) groups is 2. The number of anilines is 1. The maximum absolute atomic E-state index is 12.4. The number of nitrogens with one attached hydrogen (secondary N) is 2. The minimum absolute atomic E-state index is 0.0134. The van der Waals surface area contributed by atoms with Crippen LogP contribution in [-0.4, -0.2) is 37.7 Å². The highest BCUT2D eigenvalue weighted by molar-refractivity contribution is 5.96. The molecule has 8 heteroatoms. The van der Waals surface area contributed by atoms with Crippen LogP contribution >= 0.6 is 0 Å². The fraction of sp³-hybridized carbons (Fsp3) is 0.400. The Balaban J connectivity index is 1.34. The molecule has 2 N–H and O–H groups in total. The maximum Gasteiger partial charge on any atom is 0.271 e. The zero-order chi connectivity index (χ0) is 19.5. The smallest absolute Gasteiger partial charge is 0.271 e. The molecule has 0 radical (unpaired) electrons. The van der Waals surface area contributed by atoms with Crippen molar-refractivity contribution in [1.29, 1.82) is 0 Å². The minimum Gasteiger partial charge on any atom is -0.349 e. The lowest BCUT2D eigenvalue weighted by Crippen LogP contribution is -2.27. The van der Waals surface area contributed by atoms with Gasteiger partial charge in [-0.15, -0.1) is 0 Å². The first kappa shape index (κ1) is 18.2. The van der Waals surface area contributed by atoms with Crippen LogP contribution in [0.5, 0.6) is 0 Å². The fourth-order valence-electron chi connectivity index (χ4n) is 3.68. The summed E-state index contributed by atoms with van der Waals surface area (Å²) in [6, 6.07) is 9.50. The molecule has 0 atom stereocenters. The molecule has 0 bridgehead atoms. The van der Waals surface area contributed by atoms with Crippen molar-refractivity contribution in [3.63, 3.8) is 0 Å². The molecule has 8 nitrogen and oxygen atoms in total. The molecule has 1 fully saturated rings. The van der Waals surface area contributed by atoms with Gasteiger partial charge in [0.1, 0.15) is 5.82 Å². The molecule has 1 aliphatic rings. The van der Waals surface area contributed by atoms with Gasteiger partial charge in [0, 0.05) is 32.1 Å². The molecule has 28 heavy (non-hydrogen) atoms. The van der Waals surface area contributed by atoms with E-state index in [1.54, 1.807) is 19.4 Å². The van der Waals surface area contributed by atoms with E-state index in [4.69, 9.17) is 0 Å². The summed E-state index contributed by atoms with van der Waals surface area (Å²) < 4.78 is 3.53. The molecule has 0 aliphatic heterocycles. The lowest BCUT2D eigenvalue weighted by atomic mass is 10.1. The van der Waals surface area contributed by atoms with Crippen molar-refractivity contribution in [1.82, 2.24) is 24.6 Å². The van der Waals surface area contributed by atoms with Gasteiger partial charge in [-0.1, -0.05) is 25.0 Å². The third-order valence-electron chi connectivity index (χ3n) is 5.26. The van der Waals surface area contributed by atoms with Gasteiger partial charge >= 0.3 is 0 Å². The normalized spacial score (nSPS) is 14.5. The lowest BCUT2D eigenvalue weighted by molar-refractivity contribution is -0.119. The third-order valence-corrected chi connectivity index (χ3v) is 5.26. The van der Waals surface area contributed by atoms with E-state index in [0.29, 0.717) is 24.6 Å². The standard InChI is InChI=1S/C20H24N6O2/c1-25-18(23-19(27)14-6-2-3-7-14)12-16(24-25)20(28)21-10-11-26-13-22-15-8-4-5-9-17(15)26/h4-5,8-9,12-14H,2-3,6-7,10-11H2,1H3,(H,21,28)(H,23,27). The molecule has 0 spiro atoms. The van der Waals surface area contributed by atoms with Gasteiger partial charge in [0.15, 0.2) is 5.69 Å². The summed E-state index contributed by atoms with van der Waals surface area (Å²) in [5, 5.41) is 10.00. The Bertz CT molecular complexity index is 999. The van der Waals surface area contributed by atoms with E-state index in [0.717, 1.165) is 36.7 Å². The molecule has 3 aromatic rings. The Kier molecular flexibility index (Phi) is 5.10. The summed E-state index contributed by atoms with van der Waals surface area (Å²) in [6.45, 7) is 1.07. The van der Waals surface area contributed by atoms with E-state index >= 15 is 0 Å². The Morgan fingerprint density at radius 2 is 2.00 bits per heavy atom. The maximum atomic E-state index is 12.4. The third kappa shape index (κ3) is 3.76. The van der Waals surface area contributed by atoms with Gasteiger partial charge in [-0.25, -0.2) is 4.98 Å². The first-order valence-electron chi connectivity index (χ1n) is 9.65.